The summed E-state index contributed by atoms with van der Waals surface area (Å²) in [5.41, 5.74) is -0.536. The third-order valence-corrected chi connectivity index (χ3v) is 2.71. The molecule has 0 unspecified atom stereocenters. The zero-order valence-corrected chi connectivity index (χ0v) is 11.1. The maximum Gasteiger partial charge on any atom is 0.0627 e. The van der Waals surface area contributed by atoms with Crippen LogP contribution >= 0.6 is 27.5 Å². The maximum atomic E-state index is 9.84. The van der Waals surface area contributed by atoms with Gasteiger partial charge in [0.15, 0.2) is 0 Å². The van der Waals surface area contributed by atoms with Crippen molar-refractivity contribution in [2.24, 2.45) is 0 Å². The SMILES string of the molecule is CC(C)(Cl)CCC[C@@](C)(O)CCBr. The molecule has 0 aromatic carbocycles. The van der Waals surface area contributed by atoms with E-state index in [0.29, 0.717) is 0 Å². The Labute approximate surface area is 95.0 Å². The molecule has 0 aromatic heterocycles. The fourth-order valence-corrected chi connectivity index (χ4v) is 2.21. The van der Waals surface area contributed by atoms with Gasteiger partial charge < -0.3 is 5.11 Å². The molecule has 0 bridgehead atoms. The van der Waals surface area contributed by atoms with Gasteiger partial charge in [0.05, 0.1) is 5.60 Å². The second-order valence-corrected chi connectivity index (χ2v) is 6.32. The van der Waals surface area contributed by atoms with Crippen molar-refractivity contribution in [3.05, 3.63) is 0 Å². The maximum absolute atomic E-state index is 9.84. The van der Waals surface area contributed by atoms with Gasteiger partial charge in [-0.3, -0.25) is 0 Å². The molecule has 3 heteroatoms. The lowest BCUT2D eigenvalue weighted by Gasteiger charge is -2.24. The Kier molecular flexibility index (Phi) is 5.88. The summed E-state index contributed by atoms with van der Waals surface area (Å²) in [5.74, 6) is 0. The normalized spacial score (nSPS) is 17.1. The van der Waals surface area contributed by atoms with Gasteiger partial charge in [-0.25, -0.2) is 0 Å². The lowest BCUT2D eigenvalue weighted by molar-refractivity contribution is 0.0453. The highest BCUT2D eigenvalue weighted by atomic mass is 79.9. The van der Waals surface area contributed by atoms with E-state index in [-0.39, 0.29) is 4.87 Å². The minimum absolute atomic E-state index is 0.134. The number of rotatable bonds is 6. The van der Waals surface area contributed by atoms with Gasteiger partial charge in [-0.05, 0) is 46.5 Å². The van der Waals surface area contributed by atoms with Crippen molar-refractivity contribution in [2.75, 3.05) is 5.33 Å². The second-order valence-electron chi connectivity index (χ2n) is 4.51. The van der Waals surface area contributed by atoms with Crippen LogP contribution in [0.3, 0.4) is 0 Å². The van der Waals surface area contributed by atoms with Crippen LogP contribution in [0.25, 0.3) is 0 Å². The van der Waals surface area contributed by atoms with Crippen LogP contribution in [0, 0.1) is 0 Å². The minimum Gasteiger partial charge on any atom is -0.390 e. The molecule has 1 atom stereocenters. The molecule has 0 heterocycles. The van der Waals surface area contributed by atoms with E-state index in [1.54, 1.807) is 0 Å². The predicted molar refractivity (Wildman–Crippen MR) is 62.8 cm³/mol. The Morgan fingerprint density at radius 2 is 1.69 bits per heavy atom. The van der Waals surface area contributed by atoms with Crippen LogP contribution in [0.5, 0.6) is 0 Å². The lowest BCUT2D eigenvalue weighted by atomic mass is 9.94. The van der Waals surface area contributed by atoms with Gasteiger partial charge in [0.1, 0.15) is 0 Å². The van der Waals surface area contributed by atoms with Crippen LogP contribution in [0.2, 0.25) is 0 Å². The van der Waals surface area contributed by atoms with E-state index in [0.717, 1.165) is 31.0 Å². The van der Waals surface area contributed by atoms with Crippen molar-refractivity contribution in [3.8, 4) is 0 Å². The first-order valence-electron chi connectivity index (χ1n) is 4.74. The molecule has 0 fully saturated rings. The summed E-state index contributed by atoms with van der Waals surface area (Å²) in [7, 11) is 0. The molecule has 0 saturated carbocycles. The van der Waals surface area contributed by atoms with E-state index in [1.165, 1.54) is 0 Å². The fourth-order valence-electron chi connectivity index (χ4n) is 1.22. The Morgan fingerprint density at radius 3 is 2.08 bits per heavy atom. The summed E-state index contributed by atoms with van der Waals surface area (Å²) in [6.07, 6.45) is 3.56. The predicted octanol–water partition coefficient (Wildman–Crippen LogP) is 3.71. The van der Waals surface area contributed by atoms with Crippen LogP contribution in [0.15, 0.2) is 0 Å². The first-order valence-corrected chi connectivity index (χ1v) is 6.24. The molecule has 0 spiro atoms. The average molecular weight is 272 g/mol. The van der Waals surface area contributed by atoms with Gasteiger partial charge >= 0.3 is 0 Å². The van der Waals surface area contributed by atoms with Crippen LogP contribution in [-0.4, -0.2) is 20.9 Å². The molecule has 0 saturated heterocycles. The molecule has 1 nitrogen and oxygen atoms in total. The van der Waals surface area contributed by atoms with Crippen molar-refractivity contribution in [1.82, 2.24) is 0 Å². The molecule has 13 heavy (non-hydrogen) atoms. The summed E-state index contributed by atoms with van der Waals surface area (Å²) < 4.78 is 0. The summed E-state index contributed by atoms with van der Waals surface area (Å²) in [6.45, 7) is 5.90. The van der Waals surface area contributed by atoms with Crippen molar-refractivity contribution in [2.45, 2.75) is 56.9 Å². The zero-order valence-electron chi connectivity index (χ0n) is 8.74. The van der Waals surface area contributed by atoms with Crippen LogP contribution < -0.4 is 0 Å². The lowest BCUT2D eigenvalue weighted by Crippen LogP contribution is -2.25. The molecular weight excluding hydrogens is 251 g/mol. The van der Waals surface area contributed by atoms with E-state index in [1.807, 2.05) is 20.8 Å². The van der Waals surface area contributed by atoms with Gasteiger partial charge in [0, 0.05) is 10.2 Å². The summed E-state index contributed by atoms with van der Waals surface area (Å²) in [6, 6.07) is 0. The highest BCUT2D eigenvalue weighted by Crippen LogP contribution is 2.25. The van der Waals surface area contributed by atoms with Crippen LogP contribution in [0.4, 0.5) is 0 Å². The standard InChI is InChI=1S/C10H20BrClO/c1-9(2,12)5-4-6-10(3,13)7-8-11/h13H,4-8H2,1-3H3/t10-/m1/s1. The highest BCUT2D eigenvalue weighted by molar-refractivity contribution is 9.09. The van der Waals surface area contributed by atoms with Crippen LogP contribution in [0.1, 0.15) is 46.5 Å². The number of halogens is 2. The monoisotopic (exact) mass is 270 g/mol. The molecule has 0 radical (unpaired) electrons. The minimum atomic E-state index is -0.536. The van der Waals surface area contributed by atoms with Crippen molar-refractivity contribution in [1.29, 1.82) is 0 Å². The van der Waals surface area contributed by atoms with E-state index < -0.39 is 5.60 Å². The van der Waals surface area contributed by atoms with E-state index in [4.69, 9.17) is 11.6 Å². The van der Waals surface area contributed by atoms with Crippen molar-refractivity contribution >= 4 is 27.5 Å². The Balaban J connectivity index is 3.63. The smallest absolute Gasteiger partial charge is 0.0627 e. The molecular formula is C10H20BrClO. The quantitative estimate of drug-likeness (QED) is 0.730. The molecule has 0 aliphatic heterocycles. The van der Waals surface area contributed by atoms with Gasteiger partial charge in [0.2, 0.25) is 0 Å². The molecule has 80 valence electrons. The van der Waals surface area contributed by atoms with Gasteiger partial charge in [-0.15, -0.1) is 11.6 Å². The highest BCUT2D eigenvalue weighted by Gasteiger charge is 2.21. The van der Waals surface area contributed by atoms with Crippen molar-refractivity contribution < 1.29 is 5.11 Å². The van der Waals surface area contributed by atoms with Gasteiger partial charge in [-0.1, -0.05) is 15.9 Å². The van der Waals surface area contributed by atoms with Gasteiger partial charge in [-0.2, -0.15) is 0 Å². The fraction of sp³-hybridized carbons (Fsp3) is 1.00. The molecule has 0 aliphatic rings. The Bertz CT molecular complexity index is 140. The molecule has 0 aromatic rings. The number of hydrogen-bond acceptors (Lipinski definition) is 1. The average Bonchev–Trinajstić information content (AvgIpc) is 1.82. The summed E-state index contributed by atoms with van der Waals surface area (Å²) in [4.78, 5) is -0.134. The number of alkyl halides is 2. The zero-order chi connectivity index (χ0) is 10.5. The van der Waals surface area contributed by atoms with E-state index >= 15 is 0 Å². The molecule has 1 N–H and O–H groups in total. The first-order chi connectivity index (χ1) is 5.77. The topological polar surface area (TPSA) is 20.2 Å². The second kappa shape index (κ2) is 5.57. The number of aliphatic hydroxyl groups is 1. The first kappa shape index (κ1) is 13.7. The summed E-state index contributed by atoms with van der Waals surface area (Å²) in [5, 5.41) is 10.7. The number of hydrogen-bond donors (Lipinski definition) is 1. The molecule has 0 rings (SSSR count). The Morgan fingerprint density at radius 1 is 1.15 bits per heavy atom. The third kappa shape index (κ3) is 9.04. The molecule has 0 aliphatic carbocycles. The van der Waals surface area contributed by atoms with E-state index in [9.17, 15) is 5.11 Å². The van der Waals surface area contributed by atoms with Crippen LogP contribution in [-0.2, 0) is 0 Å². The van der Waals surface area contributed by atoms with E-state index in [2.05, 4.69) is 15.9 Å². The van der Waals surface area contributed by atoms with Gasteiger partial charge in [0.25, 0.3) is 0 Å². The summed E-state index contributed by atoms with van der Waals surface area (Å²) >= 11 is 9.38. The van der Waals surface area contributed by atoms with Crippen molar-refractivity contribution in [3.63, 3.8) is 0 Å². The Hall–Kier alpha value is 0.730. The molecule has 0 amide bonds. The largest absolute Gasteiger partial charge is 0.390 e. The third-order valence-electron chi connectivity index (χ3n) is 2.12.